The topological polar surface area (TPSA) is 87.7 Å². The maximum atomic E-state index is 12.6. The van der Waals surface area contributed by atoms with E-state index in [1.165, 1.54) is 0 Å². The van der Waals surface area contributed by atoms with Gasteiger partial charge in [-0.1, -0.05) is 41.4 Å². The molecule has 0 amide bonds. The molecule has 0 bridgehead atoms. The van der Waals surface area contributed by atoms with Crippen LogP contribution >= 0.6 is 11.6 Å². The van der Waals surface area contributed by atoms with E-state index in [1.54, 1.807) is 48.5 Å². The third-order valence-electron chi connectivity index (χ3n) is 5.62. The molecule has 3 aromatic rings. The number of aliphatic hydroxyl groups is 1. The number of anilines is 1. The van der Waals surface area contributed by atoms with E-state index in [0.717, 1.165) is 35.3 Å². The van der Waals surface area contributed by atoms with E-state index in [2.05, 4.69) is 10.0 Å². The van der Waals surface area contributed by atoms with Crippen molar-refractivity contribution in [3.05, 3.63) is 88.4 Å². The molecule has 0 aromatic heterocycles. The van der Waals surface area contributed by atoms with Crippen LogP contribution in [-0.4, -0.2) is 32.7 Å². The number of hydrogen-bond acceptors (Lipinski definition) is 5. The summed E-state index contributed by atoms with van der Waals surface area (Å²) in [5.41, 5.74) is 3.25. The molecule has 0 fully saturated rings. The molecule has 0 saturated heterocycles. The van der Waals surface area contributed by atoms with Crippen molar-refractivity contribution in [3.63, 3.8) is 0 Å². The molecule has 174 valence electrons. The molecule has 0 saturated carbocycles. The van der Waals surface area contributed by atoms with Crippen LogP contribution in [0.25, 0.3) is 0 Å². The van der Waals surface area contributed by atoms with Crippen LogP contribution in [0.4, 0.5) is 5.69 Å². The number of aliphatic hydroxyl groups excluding tert-OH is 1. The van der Waals surface area contributed by atoms with Gasteiger partial charge in [0.1, 0.15) is 11.9 Å². The zero-order valence-electron chi connectivity index (χ0n) is 18.3. The monoisotopic (exact) mass is 486 g/mol. The van der Waals surface area contributed by atoms with E-state index in [1.807, 2.05) is 25.1 Å². The number of ether oxygens (including phenoxy) is 1. The van der Waals surface area contributed by atoms with Crippen molar-refractivity contribution in [2.24, 2.45) is 0 Å². The molecule has 33 heavy (non-hydrogen) atoms. The van der Waals surface area contributed by atoms with Gasteiger partial charge in [-0.3, -0.25) is 4.72 Å². The van der Waals surface area contributed by atoms with Crippen LogP contribution in [0.15, 0.2) is 71.6 Å². The Morgan fingerprint density at radius 2 is 1.91 bits per heavy atom. The summed E-state index contributed by atoms with van der Waals surface area (Å²) in [5, 5.41) is 14.2. The average Bonchev–Trinajstić information content (AvgIpc) is 2.79. The van der Waals surface area contributed by atoms with Crippen LogP contribution < -0.4 is 14.8 Å². The molecule has 3 N–H and O–H groups in total. The normalized spacial score (nSPS) is 16.5. The Balaban J connectivity index is 1.32. The van der Waals surface area contributed by atoms with Gasteiger partial charge in [0, 0.05) is 23.8 Å². The summed E-state index contributed by atoms with van der Waals surface area (Å²) in [7, 11) is -3.65. The largest absolute Gasteiger partial charge is 0.489 e. The van der Waals surface area contributed by atoms with Crippen LogP contribution in [0.5, 0.6) is 5.75 Å². The number of halogens is 1. The van der Waals surface area contributed by atoms with E-state index < -0.39 is 16.1 Å². The highest BCUT2D eigenvalue weighted by molar-refractivity contribution is 7.92. The van der Waals surface area contributed by atoms with Gasteiger partial charge in [0.05, 0.1) is 11.0 Å². The Kier molecular flexibility index (Phi) is 7.24. The highest BCUT2D eigenvalue weighted by Gasteiger charge is 2.21. The highest BCUT2D eigenvalue weighted by Crippen LogP contribution is 2.31. The zero-order valence-corrected chi connectivity index (χ0v) is 19.9. The lowest BCUT2D eigenvalue weighted by Gasteiger charge is -2.27. The third-order valence-corrected chi connectivity index (χ3v) is 7.25. The quantitative estimate of drug-likeness (QED) is 0.437. The summed E-state index contributed by atoms with van der Waals surface area (Å²) in [6, 6.07) is 19.3. The standard InChI is InChI=1S/C25H27ClN2O4S/c1-17-5-10-23(11-6-17)33(30,31)28-21-8-12-25-19(14-21)7-9-22(32-25)15-27-16-24(29)18-3-2-4-20(26)13-18/h2-6,8,10-14,22,24,27-29H,7,9,15-16H2,1H3. The number of benzene rings is 3. The van der Waals surface area contributed by atoms with Crippen LogP contribution in [0.1, 0.15) is 29.2 Å². The maximum absolute atomic E-state index is 12.6. The first kappa shape index (κ1) is 23.6. The van der Waals surface area contributed by atoms with Crippen molar-refractivity contribution in [1.29, 1.82) is 0 Å². The summed E-state index contributed by atoms with van der Waals surface area (Å²) in [6.07, 6.45) is 0.892. The van der Waals surface area contributed by atoms with Gasteiger partial charge in [-0.05, 0) is 73.4 Å². The summed E-state index contributed by atoms with van der Waals surface area (Å²) < 4.78 is 34.0. The molecule has 1 aliphatic heterocycles. The van der Waals surface area contributed by atoms with Crippen molar-refractivity contribution >= 4 is 27.3 Å². The van der Waals surface area contributed by atoms with Gasteiger partial charge in [-0.25, -0.2) is 8.42 Å². The molecular formula is C25H27ClN2O4S. The van der Waals surface area contributed by atoms with Crippen molar-refractivity contribution in [2.75, 3.05) is 17.8 Å². The smallest absolute Gasteiger partial charge is 0.261 e. The van der Waals surface area contributed by atoms with E-state index in [0.29, 0.717) is 23.8 Å². The molecule has 3 aromatic carbocycles. The highest BCUT2D eigenvalue weighted by atomic mass is 35.5. The minimum atomic E-state index is -3.65. The fourth-order valence-corrected chi connectivity index (χ4v) is 5.04. The first-order valence-corrected chi connectivity index (χ1v) is 12.7. The maximum Gasteiger partial charge on any atom is 0.261 e. The number of sulfonamides is 1. The summed E-state index contributed by atoms with van der Waals surface area (Å²) in [5.74, 6) is 0.752. The molecule has 2 atom stereocenters. The lowest BCUT2D eigenvalue weighted by atomic mass is 10.0. The Bertz CT molecular complexity index is 1220. The Hall–Kier alpha value is -2.58. The first-order chi connectivity index (χ1) is 15.8. The summed E-state index contributed by atoms with van der Waals surface area (Å²) >= 11 is 5.99. The van der Waals surface area contributed by atoms with E-state index >= 15 is 0 Å². The number of nitrogens with one attached hydrogen (secondary N) is 2. The van der Waals surface area contributed by atoms with Crippen LogP contribution in [-0.2, 0) is 16.4 Å². The zero-order chi connectivity index (χ0) is 23.4. The Morgan fingerprint density at radius 3 is 2.67 bits per heavy atom. The second kappa shape index (κ2) is 10.1. The number of aryl methyl sites for hydroxylation is 2. The van der Waals surface area contributed by atoms with Crippen molar-refractivity contribution < 1.29 is 18.3 Å². The van der Waals surface area contributed by atoms with Gasteiger partial charge in [-0.2, -0.15) is 0 Å². The van der Waals surface area contributed by atoms with Gasteiger partial charge in [0.15, 0.2) is 0 Å². The second-order valence-corrected chi connectivity index (χ2v) is 10.4. The van der Waals surface area contributed by atoms with Crippen LogP contribution in [0, 0.1) is 6.92 Å². The predicted octanol–water partition coefficient (Wildman–Crippen LogP) is 4.47. The molecule has 8 heteroatoms. The lowest BCUT2D eigenvalue weighted by molar-refractivity contribution is 0.146. The van der Waals surface area contributed by atoms with E-state index in [9.17, 15) is 13.5 Å². The molecule has 0 radical (unpaired) electrons. The van der Waals surface area contributed by atoms with Crippen LogP contribution in [0.3, 0.4) is 0 Å². The fraction of sp³-hybridized carbons (Fsp3) is 0.280. The van der Waals surface area contributed by atoms with E-state index in [4.69, 9.17) is 16.3 Å². The van der Waals surface area contributed by atoms with Crippen LogP contribution in [0.2, 0.25) is 5.02 Å². The average molecular weight is 487 g/mol. The molecule has 0 spiro atoms. The predicted molar refractivity (Wildman–Crippen MR) is 130 cm³/mol. The third kappa shape index (κ3) is 6.06. The van der Waals surface area contributed by atoms with Gasteiger partial charge in [0.25, 0.3) is 10.0 Å². The molecule has 1 aliphatic rings. The van der Waals surface area contributed by atoms with Gasteiger partial charge < -0.3 is 15.2 Å². The molecule has 2 unspecified atom stereocenters. The summed E-state index contributed by atoms with van der Waals surface area (Å²) in [4.78, 5) is 0.230. The number of fused-ring (bicyclic) bond motifs is 1. The van der Waals surface area contributed by atoms with Crippen molar-refractivity contribution in [1.82, 2.24) is 5.32 Å². The lowest BCUT2D eigenvalue weighted by Crippen LogP contribution is -2.36. The Labute approximate surface area is 199 Å². The van der Waals surface area contributed by atoms with E-state index in [-0.39, 0.29) is 11.0 Å². The molecule has 6 nitrogen and oxygen atoms in total. The molecule has 0 aliphatic carbocycles. The van der Waals surface area contributed by atoms with Gasteiger partial charge in [0.2, 0.25) is 0 Å². The first-order valence-electron chi connectivity index (χ1n) is 10.8. The SMILES string of the molecule is Cc1ccc(S(=O)(=O)Nc2ccc3c(c2)CCC(CNCC(O)c2cccc(Cl)c2)O3)cc1. The minimum Gasteiger partial charge on any atom is -0.489 e. The Morgan fingerprint density at radius 1 is 1.12 bits per heavy atom. The van der Waals surface area contributed by atoms with Gasteiger partial charge >= 0.3 is 0 Å². The molecule has 4 rings (SSSR count). The minimum absolute atomic E-state index is 0.0286. The molecule has 1 heterocycles. The summed E-state index contributed by atoms with van der Waals surface area (Å²) in [6.45, 7) is 2.91. The van der Waals surface area contributed by atoms with Crippen molar-refractivity contribution in [3.8, 4) is 5.75 Å². The second-order valence-electron chi connectivity index (χ2n) is 8.25. The number of rotatable bonds is 8. The van der Waals surface area contributed by atoms with Gasteiger partial charge in [-0.15, -0.1) is 0 Å². The van der Waals surface area contributed by atoms with Crippen molar-refractivity contribution in [2.45, 2.75) is 36.9 Å². The fourth-order valence-electron chi connectivity index (χ4n) is 3.80. The molecular weight excluding hydrogens is 460 g/mol. The number of hydrogen-bond donors (Lipinski definition) is 3.